The maximum absolute atomic E-state index is 12.5. The van der Waals surface area contributed by atoms with Gasteiger partial charge in [-0.3, -0.25) is 9.59 Å². The molecule has 0 radical (unpaired) electrons. The van der Waals surface area contributed by atoms with Crippen LogP contribution in [0.5, 0.6) is 0 Å². The fourth-order valence-electron chi connectivity index (χ4n) is 2.38. The Morgan fingerprint density at radius 3 is 2.60 bits per heavy atom. The first kappa shape index (κ1) is 15.1. The quantitative estimate of drug-likeness (QED) is 0.842. The van der Waals surface area contributed by atoms with Crippen LogP contribution in [0, 0.1) is 0 Å². The van der Waals surface area contributed by atoms with E-state index >= 15 is 0 Å². The van der Waals surface area contributed by atoms with Crippen molar-refractivity contribution >= 4 is 35.0 Å². The van der Waals surface area contributed by atoms with Crippen LogP contribution in [0.15, 0.2) is 18.2 Å². The van der Waals surface area contributed by atoms with E-state index in [1.807, 2.05) is 0 Å². The molecule has 1 aliphatic heterocycles. The SMILES string of the molecule is CN(C)C(=O)C1CCCN1C(=O)c1ccc(Cl)cc1Cl. The Bertz CT molecular complexity index is 546. The molecule has 0 saturated carbocycles. The van der Waals surface area contributed by atoms with E-state index in [0.29, 0.717) is 28.6 Å². The van der Waals surface area contributed by atoms with Crippen LogP contribution in [0.2, 0.25) is 10.0 Å². The predicted octanol–water partition coefficient (Wildman–Crippen LogP) is 2.69. The zero-order chi connectivity index (χ0) is 14.9. The molecule has 1 atom stereocenters. The van der Waals surface area contributed by atoms with Gasteiger partial charge in [0.1, 0.15) is 6.04 Å². The molecule has 1 aromatic carbocycles. The number of amides is 2. The van der Waals surface area contributed by atoms with Crippen LogP contribution in [0.3, 0.4) is 0 Å². The van der Waals surface area contributed by atoms with Gasteiger partial charge in [0.15, 0.2) is 0 Å². The van der Waals surface area contributed by atoms with E-state index in [0.717, 1.165) is 6.42 Å². The summed E-state index contributed by atoms with van der Waals surface area (Å²) in [5.41, 5.74) is 0.384. The van der Waals surface area contributed by atoms with Crippen LogP contribution in [-0.2, 0) is 4.79 Å². The lowest BCUT2D eigenvalue weighted by Crippen LogP contribution is -2.45. The molecule has 1 fully saturated rings. The highest BCUT2D eigenvalue weighted by Gasteiger charge is 2.35. The number of halogens is 2. The molecule has 0 spiro atoms. The lowest BCUT2D eigenvalue weighted by atomic mass is 10.1. The van der Waals surface area contributed by atoms with E-state index in [4.69, 9.17) is 23.2 Å². The Hall–Kier alpha value is -1.26. The van der Waals surface area contributed by atoms with Crippen LogP contribution >= 0.6 is 23.2 Å². The van der Waals surface area contributed by atoms with Gasteiger partial charge in [0.05, 0.1) is 10.6 Å². The molecular formula is C14H16Cl2N2O2. The second-order valence-corrected chi connectivity index (χ2v) is 5.86. The molecule has 108 valence electrons. The van der Waals surface area contributed by atoms with Crippen molar-refractivity contribution < 1.29 is 9.59 Å². The summed E-state index contributed by atoms with van der Waals surface area (Å²) in [6, 6.07) is 4.36. The molecule has 0 bridgehead atoms. The number of hydrogen-bond acceptors (Lipinski definition) is 2. The lowest BCUT2D eigenvalue weighted by Gasteiger charge is -2.26. The highest BCUT2D eigenvalue weighted by atomic mass is 35.5. The van der Waals surface area contributed by atoms with Crippen molar-refractivity contribution in [1.82, 2.24) is 9.80 Å². The zero-order valence-corrected chi connectivity index (χ0v) is 12.9. The molecule has 1 aliphatic rings. The minimum atomic E-state index is -0.399. The molecular weight excluding hydrogens is 299 g/mol. The summed E-state index contributed by atoms with van der Waals surface area (Å²) in [6.45, 7) is 0.571. The Morgan fingerprint density at radius 1 is 1.30 bits per heavy atom. The number of benzene rings is 1. The predicted molar refractivity (Wildman–Crippen MR) is 79.2 cm³/mol. The molecule has 0 aliphatic carbocycles. The van der Waals surface area contributed by atoms with Gasteiger partial charge in [0, 0.05) is 25.7 Å². The fraction of sp³-hybridized carbons (Fsp3) is 0.429. The molecule has 2 rings (SSSR count). The van der Waals surface area contributed by atoms with Gasteiger partial charge in [0.25, 0.3) is 5.91 Å². The molecule has 20 heavy (non-hydrogen) atoms. The molecule has 1 heterocycles. The second kappa shape index (κ2) is 6.02. The van der Waals surface area contributed by atoms with Gasteiger partial charge in [-0.05, 0) is 31.0 Å². The van der Waals surface area contributed by atoms with E-state index < -0.39 is 6.04 Å². The average molecular weight is 315 g/mol. The highest BCUT2D eigenvalue weighted by Crippen LogP contribution is 2.26. The summed E-state index contributed by atoms with van der Waals surface area (Å²) in [4.78, 5) is 27.8. The monoisotopic (exact) mass is 314 g/mol. The summed E-state index contributed by atoms with van der Waals surface area (Å²) in [7, 11) is 3.39. The summed E-state index contributed by atoms with van der Waals surface area (Å²) in [5, 5.41) is 0.791. The second-order valence-electron chi connectivity index (χ2n) is 5.01. The Morgan fingerprint density at radius 2 is 2.00 bits per heavy atom. The average Bonchev–Trinajstić information content (AvgIpc) is 2.86. The molecule has 1 aromatic rings. The number of rotatable bonds is 2. The van der Waals surface area contributed by atoms with Gasteiger partial charge < -0.3 is 9.80 Å². The van der Waals surface area contributed by atoms with Gasteiger partial charge >= 0.3 is 0 Å². The number of likely N-dealkylation sites (tertiary alicyclic amines) is 1. The molecule has 0 N–H and O–H groups in total. The molecule has 1 unspecified atom stereocenters. The number of hydrogen-bond donors (Lipinski definition) is 0. The van der Waals surface area contributed by atoms with Crippen molar-refractivity contribution in [3.05, 3.63) is 33.8 Å². The van der Waals surface area contributed by atoms with E-state index in [1.165, 1.54) is 11.0 Å². The van der Waals surface area contributed by atoms with Gasteiger partial charge in [-0.2, -0.15) is 0 Å². The van der Waals surface area contributed by atoms with Gasteiger partial charge in [0.2, 0.25) is 5.91 Å². The number of likely N-dealkylation sites (N-methyl/N-ethyl adjacent to an activating group) is 1. The van der Waals surface area contributed by atoms with E-state index in [2.05, 4.69) is 0 Å². The van der Waals surface area contributed by atoms with Crippen LogP contribution in [0.1, 0.15) is 23.2 Å². The molecule has 2 amide bonds. The van der Waals surface area contributed by atoms with Crippen molar-refractivity contribution in [2.24, 2.45) is 0 Å². The Kier molecular flexibility index (Phi) is 4.55. The van der Waals surface area contributed by atoms with Crippen molar-refractivity contribution in [3.63, 3.8) is 0 Å². The molecule has 6 heteroatoms. The molecule has 1 saturated heterocycles. The first-order chi connectivity index (χ1) is 9.41. The maximum atomic E-state index is 12.5. The first-order valence-corrected chi connectivity index (χ1v) is 7.14. The van der Waals surface area contributed by atoms with Crippen molar-refractivity contribution in [2.45, 2.75) is 18.9 Å². The van der Waals surface area contributed by atoms with Gasteiger partial charge in [-0.15, -0.1) is 0 Å². The largest absolute Gasteiger partial charge is 0.347 e. The van der Waals surface area contributed by atoms with Crippen LogP contribution in [0.4, 0.5) is 0 Å². The fourth-order valence-corrected chi connectivity index (χ4v) is 2.87. The number of carbonyl (C=O) groups excluding carboxylic acids is 2. The van der Waals surface area contributed by atoms with Crippen molar-refractivity contribution in [2.75, 3.05) is 20.6 Å². The Balaban J connectivity index is 2.25. The minimum absolute atomic E-state index is 0.0547. The number of nitrogens with zero attached hydrogens (tertiary/aromatic N) is 2. The standard InChI is InChI=1S/C14H16Cl2N2O2/c1-17(2)14(20)12-4-3-7-18(12)13(19)10-6-5-9(15)8-11(10)16/h5-6,8,12H,3-4,7H2,1-2H3. The third kappa shape index (κ3) is 2.91. The van der Waals surface area contributed by atoms with E-state index in [9.17, 15) is 9.59 Å². The van der Waals surface area contributed by atoms with Gasteiger partial charge in [-0.25, -0.2) is 0 Å². The third-order valence-electron chi connectivity index (χ3n) is 3.40. The molecule has 4 nitrogen and oxygen atoms in total. The smallest absolute Gasteiger partial charge is 0.256 e. The van der Waals surface area contributed by atoms with Gasteiger partial charge in [-0.1, -0.05) is 23.2 Å². The minimum Gasteiger partial charge on any atom is -0.347 e. The highest BCUT2D eigenvalue weighted by molar-refractivity contribution is 6.36. The summed E-state index contributed by atoms with van der Waals surface area (Å²) in [5.74, 6) is -0.273. The van der Waals surface area contributed by atoms with Crippen LogP contribution < -0.4 is 0 Å². The zero-order valence-electron chi connectivity index (χ0n) is 11.4. The maximum Gasteiger partial charge on any atom is 0.256 e. The summed E-state index contributed by atoms with van der Waals surface area (Å²) >= 11 is 11.9. The lowest BCUT2D eigenvalue weighted by molar-refractivity contribution is -0.132. The normalized spacial score (nSPS) is 18.2. The first-order valence-electron chi connectivity index (χ1n) is 6.39. The topological polar surface area (TPSA) is 40.6 Å². The van der Waals surface area contributed by atoms with Crippen molar-refractivity contribution in [3.8, 4) is 0 Å². The van der Waals surface area contributed by atoms with E-state index in [-0.39, 0.29) is 11.8 Å². The van der Waals surface area contributed by atoms with Crippen LogP contribution in [0.25, 0.3) is 0 Å². The molecule has 0 aromatic heterocycles. The van der Waals surface area contributed by atoms with Crippen LogP contribution in [-0.4, -0.2) is 48.3 Å². The Labute approximate surface area is 128 Å². The van der Waals surface area contributed by atoms with E-state index in [1.54, 1.807) is 31.1 Å². The summed E-state index contributed by atoms with van der Waals surface area (Å²) in [6.07, 6.45) is 1.51. The number of carbonyl (C=O) groups is 2. The summed E-state index contributed by atoms with van der Waals surface area (Å²) < 4.78 is 0. The third-order valence-corrected chi connectivity index (χ3v) is 3.95. The van der Waals surface area contributed by atoms with Crippen molar-refractivity contribution in [1.29, 1.82) is 0 Å².